The number of rotatable bonds is 3. The second kappa shape index (κ2) is 5.51. The van der Waals surface area contributed by atoms with Crippen LogP contribution in [-0.2, 0) is 4.74 Å². The van der Waals surface area contributed by atoms with Crippen LogP contribution in [0.5, 0.6) is 0 Å². The SMILES string of the molecule is COCC1CCN(c2ncnc(N)c2Cl)CC1. The van der Waals surface area contributed by atoms with E-state index in [2.05, 4.69) is 14.9 Å². The fourth-order valence-electron chi connectivity index (χ4n) is 2.14. The molecule has 0 spiro atoms. The fraction of sp³-hybridized carbons (Fsp3) is 0.636. The monoisotopic (exact) mass is 256 g/mol. The first kappa shape index (κ1) is 12.4. The molecule has 17 heavy (non-hydrogen) atoms. The lowest BCUT2D eigenvalue weighted by Crippen LogP contribution is -2.35. The van der Waals surface area contributed by atoms with Crippen LogP contribution in [-0.4, -0.2) is 36.8 Å². The highest BCUT2D eigenvalue weighted by Crippen LogP contribution is 2.30. The van der Waals surface area contributed by atoms with Crippen LogP contribution in [0.2, 0.25) is 5.02 Å². The maximum atomic E-state index is 6.11. The van der Waals surface area contributed by atoms with Gasteiger partial charge in [0.2, 0.25) is 0 Å². The van der Waals surface area contributed by atoms with E-state index in [0.717, 1.165) is 38.4 Å². The van der Waals surface area contributed by atoms with E-state index in [-0.39, 0.29) is 0 Å². The molecular weight excluding hydrogens is 240 g/mol. The Balaban J connectivity index is 2.03. The standard InChI is InChI=1S/C11H17ClN4O/c1-17-6-8-2-4-16(5-3-8)11-9(12)10(13)14-7-15-11/h7-8H,2-6H2,1H3,(H2,13,14,15). The Morgan fingerprint density at radius 3 is 2.82 bits per heavy atom. The molecule has 5 nitrogen and oxygen atoms in total. The topological polar surface area (TPSA) is 64.3 Å². The maximum absolute atomic E-state index is 6.11. The van der Waals surface area contributed by atoms with Gasteiger partial charge < -0.3 is 15.4 Å². The van der Waals surface area contributed by atoms with Gasteiger partial charge in [-0.05, 0) is 18.8 Å². The summed E-state index contributed by atoms with van der Waals surface area (Å²) in [4.78, 5) is 10.2. The van der Waals surface area contributed by atoms with Gasteiger partial charge in [0.15, 0.2) is 5.82 Å². The summed E-state index contributed by atoms with van der Waals surface area (Å²) in [5.41, 5.74) is 5.67. The number of halogens is 1. The lowest BCUT2D eigenvalue weighted by atomic mass is 9.98. The van der Waals surface area contributed by atoms with E-state index in [0.29, 0.717) is 16.8 Å². The van der Waals surface area contributed by atoms with Crippen molar-refractivity contribution >= 4 is 23.2 Å². The highest BCUT2D eigenvalue weighted by atomic mass is 35.5. The van der Waals surface area contributed by atoms with E-state index in [9.17, 15) is 0 Å². The van der Waals surface area contributed by atoms with Gasteiger partial charge in [-0.25, -0.2) is 9.97 Å². The quantitative estimate of drug-likeness (QED) is 0.890. The van der Waals surface area contributed by atoms with Gasteiger partial charge in [0.05, 0.1) is 0 Å². The van der Waals surface area contributed by atoms with Crippen molar-refractivity contribution in [1.29, 1.82) is 0 Å². The molecule has 94 valence electrons. The van der Waals surface area contributed by atoms with Crippen LogP contribution in [0, 0.1) is 5.92 Å². The number of ether oxygens (including phenoxy) is 1. The zero-order valence-corrected chi connectivity index (χ0v) is 10.7. The van der Waals surface area contributed by atoms with Crippen LogP contribution in [0.25, 0.3) is 0 Å². The van der Waals surface area contributed by atoms with Gasteiger partial charge in [-0.3, -0.25) is 0 Å². The van der Waals surface area contributed by atoms with Gasteiger partial charge in [0.25, 0.3) is 0 Å². The van der Waals surface area contributed by atoms with Crippen LogP contribution >= 0.6 is 11.6 Å². The van der Waals surface area contributed by atoms with Crippen molar-refractivity contribution in [3.8, 4) is 0 Å². The molecule has 1 aliphatic heterocycles. The van der Waals surface area contributed by atoms with Crippen molar-refractivity contribution in [1.82, 2.24) is 9.97 Å². The van der Waals surface area contributed by atoms with Gasteiger partial charge in [0, 0.05) is 26.8 Å². The summed E-state index contributed by atoms with van der Waals surface area (Å²) in [7, 11) is 1.74. The third-order valence-electron chi connectivity index (χ3n) is 3.11. The zero-order valence-electron chi connectivity index (χ0n) is 9.90. The molecule has 1 aromatic rings. The van der Waals surface area contributed by atoms with E-state index in [1.807, 2.05) is 0 Å². The molecule has 2 heterocycles. The Kier molecular flexibility index (Phi) is 4.02. The van der Waals surface area contributed by atoms with Crippen LogP contribution in [0.4, 0.5) is 11.6 Å². The Hall–Kier alpha value is -1.07. The molecule has 0 atom stereocenters. The molecule has 0 amide bonds. The molecule has 0 saturated carbocycles. The van der Waals surface area contributed by atoms with Crippen LogP contribution in [0.1, 0.15) is 12.8 Å². The molecule has 1 aliphatic rings. The largest absolute Gasteiger partial charge is 0.384 e. The molecule has 1 saturated heterocycles. The lowest BCUT2D eigenvalue weighted by Gasteiger charge is -2.32. The molecule has 0 aromatic carbocycles. The summed E-state index contributed by atoms with van der Waals surface area (Å²) in [6.45, 7) is 2.70. The number of aromatic nitrogens is 2. The van der Waals surface area contributed by atoms with Gasteiger partial charge in [-0.2, -0.15) is 0 Å². The van der Waals surface area contributed by atoms with E-state index < -0.39 is 0 Å². The number of hydrogen-bond donors (Lipinski definition) is 1. The van der Waals surface area contributed by atoms with E-state index in [4.69, 9.17) is 22.1 Å². The van der Waals surface area contributed by atoms with Crippen molar-refractivity contribution < 1.29 is 4.74 Å². The molecule has 2 rings (SSSR count). The number of anilines is 2. The van der Waals surface area contributed by atoms with E-state index >= 15 is 0 Å². The van der Waals surface area contributed by atoms with Gasteiger partial charge in [-0.1, -0.05) is 11.6 Å². The summed E-state index contributed by atoms with van der Waals surface area (Å²) < 4.78 is 5.17. The second-order valence-corrected chi connectivity index (χ2v) is 4.66. The van der Waals surface area contributed by atoms with Crippen LogP contribution < -0.4 is 10.6 Å². The summed E-state index contributed by atoms with van der Waals surface area (Å²) in [5, 5.41) is 0.456. The summed E-state index contributed by atoms with van der Waals surface area (Å²) in [5.74, 6) is 1.72. The predicted octanol–water partition coefficient (Wildman–Crippen LogP) is 1.57. The number of nitrogen functional groups attached to an aromatic ring is 1. The smallest absolute Gasteiger partial charge is 0.153 e. The van der Waals surface area contributed by atoms with Crippen molar-refractivity contribution in [3.63, 3.8) is 0 Å². The first-order chi connectivity index (χ1) is 8.22. The highest BCUT2D eigenvalue weighted by molar-refractivity contribution is 6.35. The number of hydrogen-bond acceptors (Lipinski definition) is 5. The third-order valence-corrected chi connectivity index (χ3v) is 3.48. The average molecular weight is 257 g/mol. The van der Waals surface area contributed by atoms with Crippen molar-refractivity contribution in [2.24, 2.45) is 5.92 Å². The van der Waals surface area contributed by atoms with Gasteiger partial charge >= 0.3 is 0 Å². The molecule has 0 bridgehead atoms. The van der Waals surface area contributed by atoms with Crippen molar-refractivity contribution in [2.45, 2.75) is 12.8 Å². The molecule has 1 aromatic heterocycles. The predicted molar refractivity (Wildman–Crippen MR) is 68.3 cm³/mol. The molecule has 6 heteroatoms. The minimum Gasteiger partial charge on any atom is -0.384 e. The molecule has 2 N–H and O–H groups in total. The lowest BCUT2D eigenvalue weighted by molar-refractivity contribution is 0.139. The maximum Gasteiger partial charge on any atom is 0.153 e. The molecule has 0 radical (unpaired) electrons. The Labute approximate surface area is 106 Å². The molecular formula is C11H17ClN4O. The van der Waals surface area contributed by atoms with Gasteiger partial charge in [0.1, 0.15) is 17.2 Å². The first-order valence-corrected chi connectivity index (χ1v) is 6.10. The first-order valence-electron chi connectivity index (χ1n) is 5.72. The summed E-state index contributed by atoms with van der Waals surface area (Å²) in [6, 6.07) is 0. The number of nitrogens with two attached hydrogens (primary N) is 1. The minimum atomic E-state index is 0.343. The Morgan fingerprint density at radius 2 is 2.18 bits per heavy atom. The number of piperidine rings is 1. The van der Waals surface area contributed by atoms with Crippen LogP contribution in [0.15, 0.2) is 6.33 Å². The second-order valence-electron chi connectivity index (χ2n) is 4.28. The van der Waals surface area contributed by atoms with Gasteiger partial charge in [-0.15, -0.1) is 0 Å². The summed E-state index contributed by atoms with van der Waals surface area (Å²) in [6.07, 6.45) is 3.64. The molecule has 0 aliphatic carbocycles. The van der Waals surface area contributed by atoms with Crippen molar-refractivity contribution in [3.05, 3.63) is 11.3 Å². The molecule has 0 unspecified atom stereocenters. The Bertz CT molecular complexity index is 380. The zero-order chi connectivity index (χ0) is 12.3. The fourth-order valence-corrected chi connectivity index (χ4v) is 2.36. The summed E-state index contributed by atoms with van der Waals surface area (Å²) >= 11 is 6.11. The average Bonchev–Trinajstić information content (AvgIpc) is 2.34. The number of methoxy groups -OCH3 is 1. The third kappa shape index (κ3) is 2.79. The minimum absolute atomic E-state index is 0.343. The highest BCUT2D eigenvalue weighted by Gasteiger charge is 2.22. The van der Waals surface area contributed by atoms with Crippen LogP contribution in [0.3, 0.4) is 0 Å². The Morgan fingerprint density at radius 1 is 1.47 bits per heavy atom. The van der Waals surface area contributed by atoms with E-state index in [1.165, 1.54) is 6.33 Å². The number of nitrogens with zero attached hydrogens (tertiary/aromatic N) is 3. The molecule has 1 fully saturated rings. The van der Waals surface area contributed by atoms with E-state index in [1.54, 1.807) is 7.11 Å². The van der Waals surface area contributed by atoms with Crippen molar-refractivity contribution in [2.75, 3.05) is 37.4 Å². The normalized spacial score (nSPS) is 17.4.